The second kappa shape index (κ2) is 7.67. The van der Waals surface area contributed by atoms with E-state index < -0.39 is 24.8 Å². The molecule has 0 radical (unpaired) electrons. The topological polar surface area (TPSA) is 78.6 Å². The predicted octanol–water partition coefficient (Wildman–Crippen LogP) is 3.17. The molecule has 2 N–H and O–H groups in total. The molecule has 0 aliphatic heterocycles. The van der Waals surface area contributed by atoms with Gasteiger partial charge in [-0.1, -0.05) is 18.2 Å². The van der Waals surface area contributed by atoms with Crippen molar-refractivity contribution in [1.29, 1.82) is 0 Å². The molecule has 7 heteroatoms. The average molecular weight is 320 g/mol. The molecule has 1 rings (SSSR count). The fourth-order valence-corrected chi connectivity index (χ4v) is 3.12. The van der Waals surface area contributed by atoms with Gasteiger partial charge in [0, 0.05) is 0 Å². The number of hydrogen-bond donors (Lipinski definition) is 1. The molecule has 0 saturated carbocycles. The van der Waals surface area contributed by atoms with Crippen molar-refractivity contribution >= 4 is 23.9 Å². The van der Waals surface area contributed by atoms with Gasteiger partial charge in [-0.25, -0.2) is 0 Å². The van der Waals surface area contributed by atoms with Crippen LogP contribution in [0.25, 0.3) is 0 Å². The molecule has 20 heavy (non-hydrogen) atoms. The number of nitrogens with two attached hydrogens (primary N) is 1. The van der Waals surface area contributed by atoms with Crippen molar-refractivity contribution in [1.82, 2.24) is 0 Å². The standard InChI is InChI=1S/C13H19ClNO4P/c1-10(18-13(16)11(2)15)8-9-20(14,17)19-12-6-4-3-5-7-12/h3-7,10-11H,8-9,15H2,1-2H3/t10?,11-,20?/m0/s1. The van der Waals surface area contributed by atoms with Crippen LogP contribution < -0.4 is 10.3 Å². The van der Waals surface area contributed by atoms with Crippen molar-refractivity contribution in [3.8, 4) is 5.75 Å². The van der Waals surface area contributed by atoms with Crippen LogP contribution in [0.5, 0.6) is 5.75 Å². The Bertz CT molecular complexity index is 481. The third kappa shape index (κ3) is 6.42. The molecule has 0 aliphatic carbocycles. The van der Waals surface area contributed by atoms with Gasteiger partial charge in [0.1, 0.15) is 11.8 Å². The number of carbonyl (C=O) groups is 1. The van der Waals surface area contributed by atoms with Crippen LogP contribution in [0.1, 0.15) is 20.3 Å². The summed E-state index contributed by atoms with van der Waals surface area (Å²) in [5.41, 5.74) is 5.39. The van der Waals surface area contributed by atoms with E-state index in [2.05, 4.69) is 0 Å². The van der Waals surface area contributed by atoms with Crippen molar-refractivity contribution in [2.24, 2.45) is 5.73 Å². The minimum absolute atomic E-state index is 0.108. The number of ether oxygens (including phenoxy) is 1. The van der Waals surface area contributed by atoms with Gasteiger partial charge in [0.2, 0.25) is 0 Å². The molecule has 0 heterocycles. The number of para-hydroxylation sites is 1. The van der Waals surface area contributed by atoms with Crippen LogP contribution in [0.15, 0.2) is 30.3 Å². The maximum atomic E-state index is 12.1. The molecule has 2 unspecified atom stereocenters. The quantitative estimate of drug-likeness (QED) is 0.617. The highest BCUT2D eigenvalue weighted by Gasteiger charge is 2.23. The molecule has 3 atom stereocenters. The van der Waals surface area contributed by atoms with Crippen molar-refractivity contribution in [3.63, 3.8) is 0 Å². The second-order valence-electron chi connectivity index (χ2n) is 4.54. The maximum Gasteiger partial charge on any atom is 0.336 e. The number of hydrogen-bond acceptors (Lipinski definition) is 5. The van der Waals surface area contributed by atoms with Crippen molar-refractivity contribution in [2.45, 2.75) is 32.4 Å². The summed E-state index contributed by atoms with van der Waals surface area (Å²) in [6.45, 7) is -0.0500. The molecule has 1 aromatic rings. The Balaban J connectivity index is 2.43. The average Bonchev–Trinajstić information content (AvgIpc) is 2.37. The van der Waals surface area contributed by atoms with Gasteiger partial charge in [-0.05, 0) is 43.6 Å². The van der Waals surface area contributed by atoms with Crippen LogP contribution in [0.3, 0.4) is 0 Å². The van der Waals surface area contributed by atoms with Gasteiger partial charge < -0.3 is 15.0 Å². The Morgan fingerprint density at radius 3 is 2.50 bits per heavy atom. The van der Waals surface area contributed by atoms with Crippen molar-refractivity contribution in [3.05, 3.63) is 30.3 Å². The summed E-state index contributed by atoms with van der Waals surface area (Å²) in [6, 6.07) is 8.02. The van der Waals surface area contributed by atoms with E-state index in [1.165, 1.54) is 0 Å². The second-order valence-corrected chi connectivity index (χ2v) is 7.90. The lowest BCUT2D eigenvalue weighted by atomic mass is 10.3. The molecule has 112 valence electrons. The minimum Gasteiger partial charge on any atom is -0.462 e. The Labute approximate surface area is 123 Å². The van der Waals surface area contributed by atoms with E-state index in [0.29, 0.717) is 12.2 Å². The summed E-state index contributed by atoms with van der Waals surface area (Å²) < 4.78 is 22.4. The van der Waals surface area contributed by atoms with Gasteiger partial charge in [-0.15, -0.1) is 0 Å². The SMILES string of the molecule is CC(CCP(=O)(Cl)Oc1ccccc1)OC(=O)[C@H](C)N. The molecule has 0 aliphatic rings. The Morgan fingerprint density at radius 2 is 1.95 bits per heavy atom. The predicted molar refractivity (Wildman–Crippen MR) is 79.2 cm³/mol. The van der Waals surface area contributed by atoms with E-state index in [9.17, 15) is 9.36 Å². The van der Waals surface area contributed by atoms with Gasteiger partial charge in [0.05, 0.1) is 12.3 Å². The fraction of sp³-hybridized carbons (Fsp3) is 0.462. The van der Waals surface area contributed by atoms with Gasteiger partial charge in [-0.2, -0.15) is 0 Å². The lowest BCUT2D eigenvalue weighted by Crippen LogP contribution is -2.31. The summed E-state index contributed by atoms with van der Waals surface area (Å²) in [5.74, 6) is -0.0445. The summed E-state index contributed by atoms with van der Waals surface area (Å²) in [4.78, 5) is 11.3. The first-order valence-electron chi connectivity index (χ1n) is 6.29. The van der Waals surface area contributed by atoms with E-state index in [0.717, 1.165) is 0 Å². The van der Waals surface area contributed by atoms with Gasteiger partial charge >= 0.3 is 12.7 Å². The van der Waals surface area contributed by atoms with E-state index in [1.807, 2.05) is 6.07 Å². The van der Waals surface area contributed by atoms with E-state index >= 15 is 0 Å². The van der Waals surface area contributed by atoms with Crippen LogP contribution in [0.4, 0.5) is 0 Å². The third-order valence-electron chi connectivity index (χ3n) is 2.48. The van der Waals surface area contributed by atoms with Crippen LogP contribution in [0.2, 0.25) is 0 Å². The summed E-state index contributed by atoms with van der Waals surface area (Å²) >= 11 is 5.88. The summed E-state index contributed by atoms with van der Waals surface area (Å²) in [6.07, 6.45) is 0.0306. The summed E-state index contributed by atoms with van der Waals surface area (Å²) in [7, 11) is 0. The molecular weight excluding hydrogens is 301 g/mol. The van der Waals surface area contributed by atoms with E-state index in [4.69, 9.17) is 26.2 Å². The molecule has 0 spiro atoms. The maximum absolute atomic E-state index is 12.1. The van der Waals surface area contributed by atoms with Crippen molar-refractivity contribution in [2.75, 3.05) is 6.16 Å². The zero-order chi connectivity index (χ0) is 15.2. The molecular formula is C13H19ClNO4P. The normalized spacial score (nSPS) is 16.8. The smallest absolute Gasteiger partial charge is 0.336 e. The zero-order valence-electron chi connectivity index (χ0n) is 11.5. The Morgan fingerprint density at radius 1 is 1.35 bits per heavy atom. The number of benzene rings is 1. The number of carbonyl (C=O) groups excluding carboxylic acids is 1. The number of esters is 1. The Hall–Kier alpha value is -1.03. The number of halogens is 1. The van der Waals surface area contributed by atoms with Gasteiger partial charge in [0.15, 0.2) is 0 Å². The van der Waals surface area contributed by atoms with Crippen LogP contribution in [0, 0.1) is 0 Å². The van der Waals surface area contributed by atoms with Gasteiger partial charge in [-0.3, -0.25) is 9.36 Å². The van der Waals surface area contributed by atoms with E-state index in [1.54, 1.807) is 38.1 Å². The monoisotopic (exact) mass is 319 g/mol. The molecule has 0 saturated heterocycles. The highest BCUT2D eigenvalue weighted by Crippen LogP contribution is 2.52. The summed E-state index contributed by atoms with van der Waals surface area (Å²) in [5, 5.41) is 0. The van der Waals surface area contributed by atoms with E-state index in [-0.39, 0.29) is 6.16 Å². The molecule has 5 nitrogen and oxygen atoms in total. The first kappa shape index (κ1) is 17.0. The third-order valence-corrected chi connectivity index (χ3v) is 4.47. The molecule has 0 aromatic heterocycles. The van der Waals surface area contributed by atoms with Crippen LogP contribution in [-0.4, -0.2) is 24.3 Å². The van der Waals surface area contributed by atoms with Crippen LogP contribution >= 0.6 is 18.0 Å². The lowest BCUT2D eigenvalue weighted by Gasteiger charge is -2.17. The molecule has 0 amide bonds. The molecule has 1 aromatic carbocycles. The minimum atomic E-state index is -3.29. The molecule has 0 bridgehead atoms. The van der Waals surface area contributed by atoms with Crippen LogP contribution in [-0.2, 0) is 14.1 Å². The fourth-order valence-electron chi connectivity index (χ4n) is 1.38. The Kier molecular flexibility index (Phi) is 6.53. The lowest BCUT2D eigenvalue weighted by molar-refractivity contribution is -0.149. The van der Waals surface area contributed by atoms with Gasteiger partial charge in [0.25, 0.3) is 0 Å². The highest BCUT2D eigenvalue weighted by molar-refractivity contribution is 7.85. The first-order valence-corrected chi connectivity index (χ1v) is 9.01. The number of rotatable bonds is 7. The first-order chi connectivity index (χ1) is 9.30. The van der Waals surface area contributed by atoms with Crippen molar-refractivity contribution < 1.29 is 18.6 Å². The molecule has 0 fully saturated rings. The highest BCUT2D eigenvalue weighted by atomic mass is 35.7. The zero-order valence-corrected chi connectivity index (χ0v) is 13.1. The largest absolute Gasteiger partial charge is 0.462 e.